The first kappa shape index (κ1) is 19.8. The molecule has 4 heterocycles. The number of piperidine rings is 1. The van der Waals surface area contributed by atoms with Gasteiger partial charge in [-0.05, 0) is 61.8 Å². The second-order valence-electron chi connectivity index (χ2n) is 11.3. The predicted molar refractivity (Wildman–Crippen MR) is 119 cm³/mol. The maximum Gasteiger partial charge on any atom is 0.310 e. The Bertz CT molecular complexity index is 983. The lowest BCUT2D eigenvalue weighted by Gasteiger charge is -2.50. The van der Waals surface area contributed by atoms with Crippen molar-refractivity contribution < 1.29 is 9.53 Å². The van der Waals surface area contributed by atoms with Crippen molar-refractivity contribution in [1.82, 2.24) is 9.47 Å². The zero-order valence-corrected chi connectivity index (χ0v) is 18.6. The number of rotatable bonds is 2. The van der Waals surface area contributed by atoms with Crippen LogP contribution >= 0.6 is 0 Å². The fourth-order valence-corrected chi connectivity index (χ4v) is 7.89. The number of aromatic nitrogens is 1. The third kappa shape index (κ3) is 3.14. The van der Waals surface area contributed by atoms with Crippen LogP contribution in [0.1, 0.15) is 57.1 Å². The predicted octanol–water partition coefficient (Wildman–Crippen LogP) is 3.58. The van der Waals surface area contributed by atoms with Crippen molar-refractivity contribution in [3.63, 3.8) is 0 Å². The fraction of sp³-hybridized carbons (Fsp3) is 0.692. The molecule has 5 aliphatic rings. The van der Waals surface area contributed by atoms with Gasteiger partial charge in [0.1, 0.15) is 6.10 Å². The molecule has 1 aromatic heterocycles. The highest BCUT2D eigenvalue weighted by Gasteiger charge is 2.55. The van der Waals surface area contributed by atoms with E-state index in [0.717, 1.165) is 51.9 Å². The van der Waals surface area contributed by atoms with Gasteiger partial charge in [0.05, 0.1) is 5.92 Å². The molecule has 31 heavy (non-hydrogen) atoms. The van der Waals surface area contributed by atoms with Crippen LogP contribution in [0.5, 0.6) is 0 Å². The van der Waals surface area contributed by atoms with Gasteiger partial charge in [-0.25, -0.2) is 0 Å². The van der Waals surface area contributed by atoms with E-state index in [1.165, 1.54) is 24.1 Å². The van der Waals surface area contributed by atoms with E-state index >= 15 is 0 Å². The highest BCUT2D eigenvalue weighted by atomic mass is 16.6. The normalized spacial score (nSPS) is 41.8. The van der Waals surface area contributed by atoms with Crippen molar-refractivity contribution in [2.75, 3.05) is 19.6 Å². The number of hydrogen-bond acceptors (Lipinski definition) is 4. The van der Waals surface area contributed by atoms with Crippen LogP contribution in [0.25, 0.3) is 0 Å². The van der Waals surface area contributed by atoms with E-state index < -0.39 is 0 Å². The van der Waals surface area contributed by atoms with Crippen molar-refractivity contribution in [3.05, 3.63) is 46.4 Å². The number of esters is 1. The van der Waals surface area contributed by atoms with Crippen LogP contribution in [0.2, 0.25) is 0 Å². The maximum absolute atomic E-state index is 13.0. The molecule has 0 amide bonds. The van der Waals surface area contributed by atoms with Gasteiger partial charge in [0.25, 0.3) is 5.56 Å². The first-order valence-electron chi connectivity index (χ1n) is 12.2. The molecule has 2 saturated carbocycles. The van der Waals surface area contributed by atoms with Crippen LogP contribution in [0, 0.1) is 29.1 Å². The molecule has 2 bridgehead atoms. The lowest BCUT2D eigenvalue weighted by Crippen LogP contribution is -2.50. The van der Waals surface area contributed by atoms with Crippen LogP contribution in [-0.4, -0.2) is 41.2 Å². The average Bonchev–Trinajstić information content (AvgIpc) is 3.01. The SMILES string of the molecule is C=C1CCC[C@]2(C)C[C@H]3OC(=O)[C@H](CN4C[C@H]5C[C@H](C4)c4cccc(=O)n4C5)[C@H]3C[C@H]12. The first-order chi connectivity index (χ1) is 14.9. The molecule has 7 atom stereocenters. The van der Waals surface area contributed by atoms with Crippen LogP contribution < -0.4 is 5.56 Å². The van der Waals surface area contributed by atoms with Crippen LogP contribution in [-0.2, 0) is 16.1 Å². The van der Waals surface area contributed by atoms with E-state index in [1.807, 2.05) is 10.6 Å². The Morgan fingerprint density at radius 1 is 1.19 bits per heavy atom. The monoisotopic (exact) mass is 422 g/mol. The lowest BCUT2D eigenvalue weighted by molar-refractivity contribution is -0.146. The molecule has 0 radical (unpaired) electrons. The summed E-state index contributed by atoms with van der Waals surface area (Å²) in [4.78, 5) is 27.8. The zero-order chi connectivity index (χ0) is 21.3. The van der Waals surface area contributed by atoms with Crippen molar-refractivity contribution in [3.8, 4) is 0 Å². The summed E-state index contributed by atoms with van der Waals surface area (Å²) in [6.07, 6.45) is 6.92. The minimum absolute atomic E-state index is 0.0129. The molecule has 5 nitrogen and oxygen atoms in total. The molecule has 0 unspecified atom stereocenters. The molecule has 1 aromatic rings. The Morgan fingerprint density at radius 3 is 2.94 bits per heavy atom. The van der Waals surface area contributed by atoms with Gasteiger partial charge in [0.15, 0.2) is 0 Å². The summed E-state index contributed by atoms with van der Waals surface area (Å²) in [6, 6.07) is 5.68. The maximum atomic E-state index is 13.0. The molecule has 2 aliphatic carbocycles. The lowest BCUT2D eigenvalue weighted by atomic mass is 9.55. The van der Waals surface area contributed by atoms with Gasteiger partial charge in [-0.3, -0.25) is 9.59 Å². The molecule has 2 saturated heterocycles. The smallest absolute Gasteiger partial charge is 0.310 e. The molecule has 0 spiro atoms. The summed E-state index contributed by atoms with van der Waals surface area (Å²) < 4.78 is 7.97. The minimum atomic E-state index is -0.0129. The second-order valence-corrected chi connectivity index (χ2v) is 11.3. The average molecular weight is 423 g/mol. The standard InChI is InChI=1S/C26H34N2O3/c1-16-5-4-8-26(2)11-23-19(10-21(16)26)20(25(30)31-23)15-27-12-17-9-18(14-27)22-6-3-7-24(29)28(22)13-17/h3,6-7,17-21,23H,1,4-5,8-15H2,2H3/t17-,18-,19-,20-,21-,23-,26-/m1/s1. The number of ether oxygens (including phenoxy) is 1. The number of likely N-dealkylation sites (tertiary alicyclic amines) is 1. The van der Waals surface area contributed by atoms with E-state index in [4.69, 9.17) is 4.74 Å². The Morgan fingerprint density at radius 2 is 2.06 bits per heavy atom. The van der Waals surface area contributed by atoms with Gasteiger partial charge < -0.3 is 14.2 Å². The Kier molecular flexibility index (Phi) is 4.51. The van der Waals surface area contributed by atoms with Gasteiger partial charge in [0.2, 0.25) is 0 Å². The van der Waals surface area contributed by atoms with Crippen molar-refractivity contribution in [2.24, 2.45) is 29.1 Å². The van der Waals surface area contributed by atoms with E-state index in [2.05, 4.69) is 24.5 Å². The van der Waals surface area contributed by atoms with Gasteiger partial charge >= 0.3 is 5.97 Å². The number of nitrogens with zero attached hydrogens (tertiary/aromatic N) is 2. The Labute approximate surface area is 184 Å². The molecule has 0 aromatic carbocycles. The fourth-order valence-electron chi connectivity index (χ4n) is 7.89. The van der Waals surface area contributed by atoms with Crippen LogP contribution in [0.3, 0.4) is 0 Å². The summed E-state index contributed by atoms with van der Waals surface area (Å²) in [5.41, 5.74) is 2.96. The van der Waals surface area contributed by atoms with Gasteiger partial charge in [-0.15, -0.1) is 0 Å². The molecular weight excluding hydrogens is 388 g/mol. The number of allylic oxidation sites excluding steroid dienone is 1. The molecule has 5 heteroatoms. The van der Waals surface area contributed by atoms with Gasteiger partial charge in [-0.2, -0.15) is 0 Å². The molecular formula is C26H34N2O3. The third-order valence-electron chi connectivity index (χ3n) is 9.33. The largest absolute Gasteiger partial charge is 0.462 e. The molecule has 6 rings (SSSR count). The minimum Gasteiger partial charge on any atom is -0.462 e. The molecule has 3 aliphatic heterocycles. The Hall–Kier alpha value is -1.88. The molecule has 4 fully saturated rings. The summed E-state index contributed by atoms with van der Waals surface area (Å²) in [7, 11) is 0. The molecule has 166 valence electrons. The Balaban J connectivity index is 1.20. The highest BCUT2D eigenvalue weighted by Crippen LogP contribution is 2.57. The van der Waals surface area contributed by atoms with Crippen LogP contribution in [0.15, 0.2) is 35.1 Å². The number of hydrogen-bond donors (Lipinski definition) is 0. The van der Waals surface area contributed by atoms with Gasteiger partial charge in [0, 0.05) is 49.8 Å². The number of pyridine rings is 1. The van der Waals surface area contributed by atoms with Crippen molar-refractivity contribution in [2.45, 2.75) is 64.0 Å². The van der Waals surface area contributed by atoms with Crippen LogP contribution in [0.4, 0.5) is 0 Å². The van der Waals surface area contributed by atoms with Crippen molar-refractivity contribution >= 4 is 5.97 Å². The summed E-state index contributed by atoms with van der Waals surface area (Å²) >= 11 is 0. The number of carbonyl (C=O) groups excluding carboxylic acids is 1. The zero-order valence-electron chi connectivity index (χ0n) is 18.6. The number of carbonyl (C=O) groups is 1. The van der Waals surface area contributed by atoms with E-state index in [1.54, 1.807) is 6.07 Å². The summed E-state index contributed by atoms with van der Waals surface area (Å²) in [5, 5.41) is 0. The number of fused-ring (bicyclic) bond motifs is 6. The van der Waals surface area contributed by atoms with E-state index in [0.29, 0.717) is 23.7 Å². The van der Waals surface area contributed by atoms with E-state index in [9.17, 15) is 9.59 Å². The third-order valence-corrected chi connectivity index (χ3v) is 9.33. The topological polar surface area (TPSA) is 51.5 Å². The summed E-state index contributed by atoms with van der Waals surface area (Å²) in [6.45, 7) is 10.3. The highest BCUT2D eigenvalue weighted by molar-refractivity contribution is 5.75. The quantitative estimate of drug-likeness (QED) is 0.540. The van der Waals surface area contributed by atoms with Crippen molar-refractivity contribution in [1.29, 1.82) is 0 Å². The first-order valence-corrected chi connectivity index (χ1v) is 12.2. The second kappa shape index (κ2) is 7.06. The molecule has 0 N–H and O–H groups in total. The summed E-state index contributed by atoms with van der Waals surface area (Å²) in [5.74, 6) is 1.77. The van der Waals surface area contributed by atoms with Gasteiger partial charge in [-0.1, -0.05) is 25.1 Å². The van der Waals surface area contributed by atoms with E-state index in [-0.39, 0.29) is 29.0 Å².